The van der Waals surface area contributed by atoms with Crippen molar-refractivity contribution in [3.8, 4) is 11.8 Å². The fraction of sp³-hybridized carbons (Fsp3) is 0.227. The third-order valence-corrected chi connectivity index (χ3v) is 4.49. The van der Waals surface area contributed by atoms with Crippen molar-refractivity contribution >= 4 is 28.2 Å². The number of halogens is 4. The van der Waals surface area contributed by atoms with Gasteiger partial charge in [0, 0.05) is 11.3 Å². The molecule has 0 spiro atoms. The predicted octanol–water partition coefficient (Wildman–Crippen LogP) is 4.08. The first-order valence-corrected chi connectivity index (χ1v) is 9.52. The van der Waals surface area contributed by atoms with E-state index in [4.69, 9.17) is 0 Å². The van der Waals surface area contributed by atoms with Crippen molar-refractivity contribution in [1.82, 2.24) is 19.6 Å². The Kier molecular flexibility index (Phi) is 5.44. The Hall–Kier alpha value is -3.71. The maximum Gasteiger partial charge on any atom is 0.257 e. The molecule has 0 saturated carbocycles. The Labute approximate surface area is 180 Å². The van der Waals surface area contributed by atoms with Crippen LogP contribution in [0.15, 0.2) is 42.7 Å². The van der Waals surface area contributed by atoms with Crippen molar-refractivity contribution in [2.24, 2.45) is 0 Å². The fourth-order valence-corrected chi connectivity index (χ4v) is 3.24. The average molecular weight is 443 g/mol. The van der Waals surface area contributed by atoms with Crippen LogP contribution in [0.4, 0.5) is 29.1 Å². The molecule has 10 heteroatoms. The molecular weight excluding hydrogens is 426 g/mol. The zero-order valence-corrected chi connectivity index (χ0v) is 17.0. The smallest absolute Gasteiger partial charge is 0.257 e. The first kappa shape index (κ1) is 21.5. The average Bonchev–Trinajstić information content (AvgIpc) is 3.18. The van der Waals surface area contributed by atoms with Crippen LogP contribution in [0.25, 0.3) is 16.7 Å². The van der Waals surface area contributed by atoms with Gasteiger partial charge >= 0.3 is 0 Å². The Balaban J connectivity index is 1.97. The summed E-state index contributed by atoms with van der Waals surface area (Å²) in [5.41, 5.74) is -0.886. The number of hydrogen-bond donors (Lipinski definition) is 1. The Morgan fingerprint density at radius 1 is 1.19 bits per heavy atom. The van der Waals surface area contributed by atoms with E-state index in [2.05, 4.69) is 27.0 Å². The van der Waals surface area contributed by atoms with Crippen LogP contribution in [-0.4, -0.2) is 43.3 Å². The lowest BCUT2D eigenvalue weighted by Gasteiger charge is -2.25. The summed E-state index contributed by atoms with van der Waals surface area (Å²) in [6.45, 7) is 2.02. The number of alkyl halides is 2. The molecule has 4 aromatic rings. The van der Waals surface area contributed by atoms with Crippen LogP contribution in [0.2, 0.25) is 0 Å². The molecule has 1 N–H and O–H groups in total. The van der Waals surface area contributed by atoms with Crippen LogP contribution >= 0.6 is 0 Å². The molecule has 0 aliphatic carbocycles. The van der Waals surface area contributed by atoms with Crippen molar-refractivity contribution in [2.45, 2.75) is 25.9 Å². The van der Waals surface area contributed by atoms with Crippen LogP contribution in [0, 0.1) is 23.5 Å². The summed E-state index contributed by atoms with van der Waals surface area (Å²) in [4.78, 5) is 5.26. The summed E-state index contributed by atoms with van der Waals surface area (Å²) in [6.07, 6.45) is -1.51. The third-order valence-electron chi connectivity index (χ3n) is 4.49. The summed E-state index contributed by atoms with van der Waals surface area (Å²) in [7, 11) is 0. The monoisotopic (exact) mass is 443 g/mol. The van der Waals surface area contributed by atoms with Crippen molar-refractivity contribution in [2.75, 3.05) is 11.4 Å². The molecule has 0 bridgehead atoms. The van der Waals surface area contributed by atoms with Crippen molar-refractivity contribution in [3.05, 3.63) is 59.9 Å². The first-order valence-electron chi connectivity index (χ1n) is 9.52. The van der Waals surface area contributed by atoms with Gasteiger partial charge in [-0.1, -0.05) is 17.9 Å². The van der Waals surface area contributed by atoms with E-state index in [0.717, 1.165) is 17.0 Å². The van der Waals surface area contributed by atoms with Gasteiger partial charge in [-0.05, 0) is 44.2 Å². The first-order chi connectivity index (χ1) is 15.1. The largest absolute Gasteiger partial charge is 0.378 e. The zero-order valence-electron chi connectivity index (χ0n) is 17.0. The minimum atomic E-state index is -2.85. The molecule has 0 aliphatic rings. The lowest BCUT2D eigenvalue weighted by molar-refractivity contribution is 0.143. The molecular formula is C22H17F4N5O. The number of hydrogen-bond acceptors (Lipinski definition) is 5. The SMILES string of the molecule is CC(C)(O)C#Cc1cc(F)cc(N(CC(F)F)c2nc3nncn3c3cccc(F)c23)c1. The molecule has 2 aromatic carbocycles. The number of anilines is 2. The molecule has 164 valence electrons. The van der Waals surface area contributed by atoms with Gasteiger partial charge in [-0.15, -0.1) is 10.2 Å². The lowest BCUT2D eigenvalue weighted by atomic mass is 10.1. The quantitative estimate of drug-likeness (QED) is 0.380. The normalized spacial score (nSPS) is 11.8. The summed E-state index contributed by atoms with van der Waals surface area (Å²) < 4.78 is 57.8. The zero-order chi connectivity index (χ0) is 23.0. The minimum absolute atomic E-state index is 0.00809. The topological polar surface area (TPSA) is 66.5 Å². The van der Waals surface area contributed by atoms with Crippen LogP contribution in [0.1, 0.15) is 19.4 Å². The molecule has 0 fully saturated rings. The summed E-state index contributed by atoms with van der Waals surface area (Å²) in [5, 5.41) is 17.4. The summed E-state index contributed by atoms with van der Waals surface area (Å²) in [5.74, 6) is 3.64. The van der Waals surface area contributed by atoms with Gasteiger partial charge in [-0.3, -0.25) is 4.40 Å². The maximum absolute atomic E-state index is 14.9. The van der Waals surface area contributed by atoms with E-state index in [0.29, 0.717) is 5.52 Å². The minimum Gasteiger partial charge on any atom is -0.378 e. The van der Waals surface area contributed by atoms with Crippen LogP contribution < -0.4 is 4.90 Å². The van der Waals surface area contributed by atoms with Crippen molar-refractivity contribution in [3.63, 3.8) is 0 Å². The van der Waals surface area contributed by atoms with E-state index in [1.54, 1.807) is 6.07 Å². The molecule has 0 saturated heterocycles. The number of aromatic nitrogens is 4. The second-order valence-corrected chi connectivity index (χ2v) is 7.58. The molecule has 0 aliphatic heterocycles. The number of aliphatic hydroxyl groups is 1. The summed E-state index contributed by atoms with van der Waals surface area (Å²) in [6, 6.07) is 7.72. The Morgan fingerprint density at radius 3 is 2.69 bits per heavy atom. The van der Waals surface area contributed by atoms with Gasteiger partial charge < -0.3 is 10.0 Å². The maximum atomic E-state index is 14.9. The number of benzene rings is 2. The van der Waals surface area contributed by atoms with Crippen LogP contribution in [0.3, 0.4) is 0 Å². The molecule has 0 radical (unpaired) electrons. The van der Waals surface area contributed by atoms with Gasteiger partial charge in [0.2, 0.25) is 0 Å². The van der Waals surface area contributed by atoms with Crippen LogP contribution in [-0.2, 0) is 0 Å². The number of fused-ring (bicyclic) bond motifs is 3. The predicted molar refractivity (Wildman–Crippen MR) is 111 cm³/mol. The molecule has 2 aromatic heterocycles. The van der Waals surface area contributed by atoms with E-state index >= 15 is 0 Å². The van der Waals surface area contributed by atoms with Gasteiger partial charge in [0.05, 0.1) is 17.4 Å². The molecule has 0 atom stereocenters. The number of rotatable bonds is 4. The Morgan fingerprint density at radius 2 is 1.97 bits per heavy atom. The lowest BCUT2D eigenvalue weighted by Crippen LogP contribution is -2.26. The number of nitrogens with zero attached hydrogens (tertiary/aromatic N) is 5. The van der Waals surface area contributed by atoms with Crippen molar-refractivity contribution < 1.29 is 22.7 Å². The van der Waals surface area contributed by atoms with E-state index in [1.807, 2.05) is 0 Å². The highest BCUT2D eigenvalue weighted by molar-refractivity contribution is 5.94. The van der Waals surface area contributed by atoms with E-state index in [-0.39, 0.29) is 28.2 Å². The van der Waals surface area contributed by atoms with E-state index < -0.39 is 30.2 Å². The van der Waals surface area contributed by atoms with Gasteiger partial charge in [-0.25, -0.2) is 17.6 Å². The van der Waals surface area contributed by atoms with Crippen molar-refractivity contribution in [1.29, 1.82) is 0 Å². The van der Waals surface area contributed by atoms with E-state index in [1.165, 1.54) is 42.8 Å². The van der Waals surface area contributed by atoms with Gasteiger partial charge in [0.15, 0.2) is 0 Å². The molecule has 2 heterocycles. The Bertz CT molecular complexity index is 1370. The highest BCUT2D eigenvalue weighted by Crippen LogP contribution is 2.34. The van der Waals surface area contributed by atoms with Crippen LogP contribution in [0.5, 0.6) is 0 Å². The second-order valence-electron chi connectivity index (χ2n) is 7.58. The standard InChI is InChI=1S/C22H17F4N5O/c1-22(2,32)7-6-13-8-14(23)10-15(9-13)30(11-18(25)26)20-19-16(24)4-3-5-17(19)31-12-27-29-21(31)28-20/h3-5,8-10,12,18,32H,11H2,1-2H3. The highest BCUT2D eigenvalue weighted by Gasteiger charge is 2.23. The molecule has 6 nitrogen and oxygen atoms in total. The summed E-state index contributed by atoms with van der Waals surface area (Å²) >= 11 is 0. The fourth-order valence-electron chi connectivity index (χ4n) is 3.24. The van der Waals surface area contributed by atoms with Gasteiger partial charge in [0.25, 0.3) is 12.2 Å². The molecule has 4 rings (SSSR count). The highest BCUT2D eigenvalue weighted by atomic mass is 19.3. The molecule has 0 unspecified atom stereocenters. The third kappa shape index (κ3) is 4.33. The van der Waals surface area contributed by atoms with Gasteiger partial charge in [0.1, 0.15) is 29.4 Å². The molecule has 0 amide bonds. The molecule has 32 heavy (non-hydrogen) atoms. The second kappa shape index (κ2) is 8.09. The van der Waals surface area contributed by atoms with E-state index in [9.17, 15) is 22.7 Å². The van der Waals surface area contributed by atoms with Gasteiger partial charge in [-0.2, -0.15) is 4.98 Å².